The summed E-state index contributed by atoms with van der Waals surface area (Å²) in [6.07, 6.45) is 1.52. The molecule has 6 nitrogen and oxygen atoms in total. The van der Waals surface area contributed by atoms with E-state index in [9.17, 15) is 13.2 Å². The highest BCUT2D eigenvalue weighted by Gasteiger charge is 2.34. The molecule has 2 aromatic rings. The first kappa shape index (κ1) is 20.8. The standard InChI is InChI=1S/C20H24ClN3O3S/c1-2-16-7-5-9-18(13-16)22-20(25)15-24-12-6-11-23(28(24,26)27)14-17-8-3-4-10-19(17)21/h3-5,7-10,13H,2,6,11-12,14-15H2,1H3,(H,22,25). The monoisotopic (exact) mass is 421 g/mol. The maximum atomic E-state index is 12.9. The fourth-order valence-electron chi connectivity index (χ4n) is 3.19. The Morgan fingerprint density at radius 3 is 2.61 bits per heavy atom. The number of amides is 1. The molecule has 8 heteroatoms. The quantitative estimate of drug-likeness (QED) is 0.778. The van der Waals surface area contributed by atoms with E-state index < -0.39 is 10.2 Å². The van der Waals surface area contributed by atoms with Crippen molar-refractivity contribution in [2.45, 2.75) is 26.3 Å². The van der Waals surface area contributed by atoms with Gasteiger partial charge in [0.15, 0.2) is 0 Å². The molecule has 1 aliphatic heterocycles. The van der Waals surface area contributed by atoms with Gasteiger partial charge in [-0.05, 0) is 42.2 Å². The van der Waals surface area contributed by atoms with Crippen molar-refractivity contribution >= 4 is 33.4 Å². The van der Waals surface area contributed by atoms with Crippen LogP contribution in [0, 0.1) is 0 Å². The van der Waals surface area contributed by atoms with Crippen molar-refractivity contribution in [1.82, 2.24) is 8.61 Å². The van der Waals surface area contributed by atoms with Crippen LogP contribution in [0.2, 0.25) is 5.02 Å². The van der Waals surface area contributed by atoms with E-state index in [-0.39, 0.29) is 19.0 Å². The van der Waals surface area contributed by atoms with Gasteiger partial charge in [0.1, 0.15) is 0 Å². The number of hydrogen-bond acceptors (Lipinski definition) is 3. The summed E-state index contributed by atoms with van der Waals surface area (Å²) in [6, 6.07) is 14.7. The van der Waals surface area contributed by atoms with Crippen LogP contribution in [0.1, 0.15) is 24.5 Å². The van der Waals surface area contributed by atoms with E-state index in [4.69, 9.17) is 11.6 Å². The first-order valence-electron chi connectivity index (χ1n) is 9.27. The Morgan fingerprint density at radius 1 is 1.11 bits per heavy atom. The number of anilines is 1. The van der Waals surface area contributed by atoms with Crippen LogP contribution in [-0.4, -0.2) is 42.6 Å². The van der Waals surface area contributed by atoms with Crippen molar-refractivity contribution in [2.75, 3.05) is 25.0 Å². The van der Waals surface area contributed by atoms with Gasteiger partial charge in [-0.2, -0.15) is 17.0 Å². The molecule has 0 aromatic heterocycles. The fourth-order valence-corrected chi connectivity index (χ4v) is 5.01. The number of carbonyl (C=O) groups excluding carboxylic acids is 1. The highest BCUT2D eigenvalue weighted by Crippen LogP contribution is 2.23. The highest BCUT2D eigenvalue weighted by atomic mass is 35.5. The lowest BCUT2D eigenvalue weighted by Crippen LogP contribution is -2.51. The Balaban J connectivity index is 1.68. The van der Waals surface area contributed by atoms with E-state index in [0.717, 1.165) is 17.5 Å². The predicted molar refractivity (Wildman–Crippen MR) is 111 cm³/mol. The Hall–Kier alpha value is -1.93. The number of hydrogen-bond donors (Lipinski definition) is 1. The summed E-state index contributed by atoms with van der Waals surface area (Å²) in [4.78, 5) is 12.4. The minimum Gasteiger partial charge on any atom is -0.325 e. The van der Waals surface area contributed by atoms with E-state index in [1.165, 1.54) is 8.61 Å². The average molecular weight is 422 g/mol. The third kappa shape index (κ3) is 4.91. The van der Waals surface area contributed by atoms with E-state index in [1.54, 1.807) is 18.2 Å². The lowest BCUT2D eigenvalue weighted by molar-refractivity contribution is -0.116. The van der Waals surface area contributed by atoms with Crippen molar-refractivity contribution in [3.8, 4) is 0 Å². The first-order chi connectivity index (χ1) is 13.4. The van der Waals surface area contributed by atoms with Crippen LogP contribution in [0.5, 0.6) is 0 Å². The lowest BCUT2D eigenvalue weighted by atomic mass is 10.1. The van der Waals surface area contributed by atoms with Crippen LogP contribution >= 0.6 is 11.6 Å². The van der Waals surface area contributed by atoms with Gasteiger partial charge in [-0.1, -0.05) is 48.9 Å². The average Bonchev–Trinajstić information content (AvgIpc) is 2.67. The second kappa shape index (κ2) is 9.05. The van der Waals surface area contributed by atoms with E-state index in [1.807, 2.05) is 37.3 Å². The molecule has 0 radical (unpaired) electrons. The van der Waals surface area contributed by atoms with Crippen molar-refractivity contribution in [3.63, 3.8) is 0 Å². The van der Waals surface area contributed by atoms with Crippen molar-refractivity contribution < 1.29 is 13.2 Å². The summed E-state index contributed by atoms with van der Waals surface area (Å²) in [5.74, 6) is -0.351. The van der Waals surface area contributed by atoms with Gasteiger partial charge in [0.05, 0.1) is 6.54 Å². The molecule has 2 aromatic carbocycles. The highest BCUT2D eigenvalue weighted by molar-refractivity contribution is 7.86. The number of benzene rings is 2. The van der Waals surface area contributed by atoms with Gasteiger partial charge in [0.25, 0.3) is 10.2 Å². The molecule has 0 bridgehead atoms. The third-order valence-corrected chi connectivity index (χ3v) is 7.01. The van der Waals surface area contributed by atoms with Gasteiger partial charge in [0, 0.05) is 30.3 Å². The van der Waals surface area contributed by atoms with E-state index >= 15 is 0 Å². The molecule has 1 amide bonds. The minimum atomic E-state index is -3.73. The fraction of sp³-hybridized carbons (Fsp3) is 0.350. The largest absolute Gasteiger partial charge is 0.325 e. The molecule has 0 aliphatic carbocycles. The maximum Gasteiger partial charge on any atom is 0.282 e. The minimum absolute atomic E-state index is 0.193. The normalized spacial score (nSPS) is 17.4. The molecule has 3 rings (SSSR count). The molecular weight excluding hydrogens is 398 g/mol. The molecule has 0 saturated carbocycles. The molecule has 28 heavy (non-hydrogen) atoms. The summed E-state index contributed by atoms with van der Waals surface area (Å²) in [7, 11) is -3.73. The van der Waals surface area contributed by atoms with Crippen molar-refractivity contribution in [1.29, 1.82) is 0 Å². The van der Waals surface area contributed by atoms with Crippen LogP contribution in [-0.2, 0) is 28.0 Å². The Bertz CT molecular complexity index is 949. The first-order valence-corrected chi connectivity index (χ1v) is 11.0. The summed E-state index contributed by atoms with van der Waals surface area (Å²) in [5, 5.41) is 3.32. The van der Waals surface area contributed by atoms with Crippen molar-refractivity contribution in [3.05, 3.63) is 64.7 Å². The van der Waals surface area contributed by atoms with E-state index in [0.29, 0.717) is 30.2 Å². The molecule has 1 saturated heterocycles. The van der Waals surface area contributed by atoms with Gasteiger partial charge in [-0.25, -0.2) is 0 Å². The number of aryl methyl sites for hydroxylation is 1. The number of nitrogens with zero attached hydrogens (tertiary/aromatic N) is 2. The molecule has 0 spiro atoms. The molecule has 1 fully saturated rings. The number of halogens is 1. The molecular formula is C20H24ClN3O3S. The van der Waals surface area contributed by atoms with Crippen LogP contribution in [0.25, 0.3) is 0 Å². The molecule has 1 aliphatic rings. The number of carbonyl (C=O) groups is 1. The summed E-state index contributed by atoms with van der Waals surface area (Å²) >= 11 is 6.17. The van der Waals surface area contributed by atoms with Crippen LogP contribution in [0.15, 0.2) is 48.5 Å². The molecule has 0 atom stereocenters. The van der Waals surface area contributed by atoms with Gasteiger partial charge >= 0.3 is 0 Å². The van der Waals surface area contributed by atoms with Crippen LogP contribution in [0.4, 0.5) is 5.69 Å². The molecule has 0 unspecified atom stereocenters. The molecule has 1 heterocycles. The zero-order valence-corrected chi connectivity index (χ0v) is 17.3. The van der Waals surface area contributed by atoms with Gasteiger partial charge < -0.3 is 5.32 Å². The van der Waals surface area contributed by atoms with E-state index in [2.05, 4.69) is 5.32 Å². The molecule has 150 valence electrons. The topological polar surface area (TPSA) is 69.7 Å². The second-order valence-electron chi connectivity index (χ2n) is 6.72. The summed E-state index contributed by atoms with van der Waals surface area (Å²) < 4.78 is 28.5. The lowest BCUT2D eigenvalue weighted by Gasteiger charge is -2.34. The molecule has 1 N–H and O–H groups in total. The van der Waals surface area contributed by atoms with Gasteiger partial charge in [-0.3, -0.25) is 4.79 Å². The van der Waals surface area contributed by atoms with Crippen LogP contribution < -0.4 is 5.32 Å². The Kier molecular flexibility index (Phi) is 6.72. The summed E-state index contributed by atoms with van der Waals surface area (Å²) in [6.45, 7) is 2.75. The van der Waals surface area contributed by atoms with Crippen molar-refractivity contribution in [2.24, 2.45) is 0 Å². The third-order valence-electron chi connectivity index (χ3n) is 4.71. The smallest absolute Gasteiger partial charge is 0.282 e. The zero-order chi connectivity index (χ0) is 20.1. The van der Waals surface area contributed by atoms with Gasteiger partial charge in [0.2, 0.25) is 5.91 Å². The van der Waals surface area contributed by atoms with Gasteiger partial charge in [-0.15, -0.1) is 0 Å². The Labute approximate surface area is 171 Å². The van der Waals surface area contributed by atoms with Crippen LogP contribution in [0.3, 0.4) is 0 Å². The predicted octanol–water partition coefficient (Wildman–Crippen LogP) is 3.29. The zero-order valence-electron chi connectivity index (χ0n) is 15.8. The second-order valence-corrected chi connectivity index (χ2v) is 9.06. The SMILES string of the molecule is CCc1cccc(NC(=O)CN2CCCN(Cc3ccccc3Cl)S2(=O)=O)c1. The summed E-state index contributed by atoms with van der Waals surface area (Å²) in [5.41, 5.74) is 2.52. The number of nitrogens with one attached hydrogen (secondary N) is 1. The maximum absolute atomic E-state index is 12.9. The number of rotatable bonds is 6. The Morgan fingerprint density at radius 2 is 1.86 bits per heavy atom.